The van der Waals surface area contributed by atoms with Crippen LogP contribution in [0.1, 0.15) is 36.8 Å². The normalized spacial score (nSPS) is 12.9. The predicted molar refractivity (Wildman–Crippen MR) is 96.6 cm³/mol. The Balaban J connectivity index is 2.03. The van der Waals surface area contributed by atoms with E-state index in [1.165, 1.54) is 19.2 Å². The molecule has 0 spiro atoms. The number of anilines is 1. The molecule has 142 valence electrons. The van der Waals surface area contributed by atoms with E-state index in [1.807, 2.05) is 0 Å². The summed E-state index contributed by atoms with van der Waals surface area (Å²) >= 11 is 0. The third-order valence-corrected chi connectivity index (χ3v) is 4.20. The highest BCUT2D eigenvalue weighted by molar-refractivity contribution is 5.89. The second kappa shape index (κ2) is 7.02. The Morgan fingerprint density at radius 2 is 1.96 bits per heavy atom. The zero-order valence-corrected chi connectivity index (χ0v) is 15.3. The average molecular weight is 376 g/mol. The number of aromatic nitrogens is 3. The molecule has 0 aliphatic heterocycles. The van der Waals surface area contributed by atoms with E-state index in [0.29, 0.717) is 35.3 Å². The molecule has 1 aromatic carbocycles. The number of hydrogen-bond donors (Lipinski definition) is 1. The summed E-state index contributed by atoms with van der Waals surface area (Å²) in [6.07, 6.45) is 1.55. The fourth-order valence-corrected chi connectivity index (χ4v) is 2.86. The molecule has 0 bridgehead atoms. The van der Waals surface area contributed by atoms with Crippen LogP contribution in [0.25, 0.3) is 10.9 Å². The molecule has 0 saturated heterocycles. The zero-order valence-electron chi connectivity index (χ0n) is 15.3. The maximum absolute atomic E-state index is 14.7. The molecule has 3 aromatic rings. The Hall–Kier alpha value is -2.90. The minimum atomic E-state index is -3.27. The van der Waals surface area contributed by atoms with E-state index in [2.05, 4.69) is 20.3 Å². The Morgan fingerprint density at radius 3 is 2.63 bits per heavy atom. The van der Waals surface area contributed by atoms with Crippen LogP contribution in [-0.2, 0) is 5.92 Å². The summed E-state index contributed by atoms with van der Waals surface area (Å²) in [6, 6.07) is 5.03. The van der Waals surface area contributed by atoms with Crippen molar-refractivity contribution >= 4 is 16.7 Å². The van der Waals surface area contributed by atoms with Gasteiger partial charge in [-0.2, -0.15) is 0 Å². The molecule has 0 aliphatic carbocycles. The molecule has 0 amide bonds. The molecule has 3 rings (SSSR count). The molecule has 1 atom stereocenters. The van der Waals surface area contributed by atoms with Crippen LogP contribution < -0.4 is 10.1 Å². The number of rotatable bonds is 5. The van der Waals surface area contributed by atoms with Gasteiger partial charge in [0, 0.05) is 23.9 Å². The highest BCUT2D eigenvalue weighted by atomic mass is 19.3. The molecule has 0 unspecified atom stereocenters. The van der Waals surface area contributed by atoms with Gasteiger partial charge in [-0.3, -0.25) is 0 Å². The topological polar surface area (TPSA) is 59.9 Å². The number of methoxy groups -OCH3 is 1. The van der Waals surface area contributed by atoms with Gasteiger partial charge in [-0.15, -0.1) is 0 Å². The molecule has 8 heteroatoms. The maximum Gasteiger partial charge on any atom is 0.273 e. The van der Waals surface area contributed by atoms with Crippen LogP contribution >= 0.6 is 0 Å². The third-order valence-electron chi connectivity index (χ3n) is 4.20. The summed E-state index contributed by atoms with van der Waals surface area (Å²) in [6.45, 7) is 4.07. The Kier molecular flexibility index (Phi) is 4.91. The summed E-state index contributed by atoms with van der Waals surface area (Å²) in [5.41, 5.74) is 0.0787. The van der Waals surface area contributed by atoms with Gasteiger partial charge >= 0.3 is 0 Å². The lowest BCUT2D eigenvalue weighted by atomic mass is 10.0. The van der Waals surface area contributed by atoms with Crippen LogP contribution in [0.3, 0.4) is 0 Å². The van der Waals surface area contributed by atoms with Crippen molar-refractivity contribution in [3.05, 3.63) is 53.2 Å². The summed E-state index contributed by atoms with van der Waals surface area (Å²) in [7, 11) is 1.49. The lowest BCUT2D eigenvalue weighted by Crippen LogP contribution is -2.16. The minimum absolute atomic E-state index is 0.125. The number of nitrogens with zero attached hydrogens (tertiary/aromatic N) is 3. The Bertz CT molecular complexity index is 989. The fraction of sp³-hybridized carbons (Fsp3) is 0.316. The first-order chi connectivity index (χ1) is 12.7. The van der Waals surface area contributed by atoms with E-state index < -0.39 is 23.3 Å². The van der Waals surface area contributed by atoms with Crippen molar-refractivity contribution in [3.8, 4) is 5.88 Å². The molecule has 5 nitrogen and oxygen atoms in total. The monoisotopic (exact) mass is 376 g/mol. The molecule has 0 aliphatic rings. The van der Waals surface area contributed by atoms with Gasteiger partial charge in [0.1, 0.15) is 17.5 Å². The van der Waals surface area contributed by atoms with Crippen molar-refractivity contribution in [2.75, 3.05) is 12.4 Å². The first-order valence-electron chi connectivity index (χ1n) is 8.32. The lowest BCUT2D eigenvalue weighted by molar-refractivity contribution is 0.0136. The quantitative estimate of drug-likeness (QED) is 0.695. The van der Waals surface area contributed by atoms with Gasteiger partial charge in [-0.05, 0) is 13.8 Å². The number of ether oxygens (including phenoxy) is 1. The van der Waals surface area contributed by atoms with E-state index >= 15 is 0 Å². The molecular weight excluding hydrogens is 357 g/mol. The average Bonchev–Trinajstić information content (AvgIpc) is 2.60. The summed E-state index contributed by atoms with van der Waals surface area (Å²) < 4.78 is 47.0. The molecule has 0 radical (unpaired) electrons. The minimum Gasteiger partial charge on any atom is -0.481 e. The van der Waals surface area contributed by atoms with Gasteiger partial charge < -0.3 is 10.1 Å². The van der Waals surface area contributed by atoms with Crippen LogP contribution in [0.5, 0.6) is 5.88 Å². The van der Waals surface area contributed by atoms with Gasteiger partial charge in [0.25, 0.3) is 5.92 Å². The van der Waals surface area contributed by atoms with Gasteiger partial charge in [0.15, 0.2) is 0 Å². The second-order valence-electron chi connectivity index (χ2n) is 6.33. The van der Waals surface area contributed by atoms with Gasteiger partial charge in [0.05, 0.1) is 30.4 Å². The van der Waals surface area contributed by atoms with Crippen LogP contribution in [-0.4, -0.2) is 22.1 Å². The SMILES string of the molecule is COc1cc2c(N[C@H](C)c3cccc(C(C)(F)F)c3F)nc(C)nc2cn1. The van der Waals surface area contributed by atoms with Crippen LogP contribution in [0.15, 0.2) is 30.5 Å². The van der Waals surface area contributed by atoms with E-state index in [-0.39, 0.29) is 5.56 Å². The van der Waals surface area contributed by atoms with E-state index in [0.717, 1.165) is 6.07 Å². The smallest absolute Gasteiger partial charge is 0.273 e. The number of hydrogen-bond acceptors (Lipinski definition) is 5. The standard InChI is InChI=1S/C19H19F3N4O/c1-10(12-6-5-7-14(17(12)20)19(3,21)22)24-18-13-8-16(27-4)23-9-15(13)25-11(2)26-18/h5-10H,1-4H3,(H,24,25,26)/t10-/m1/s1. The van der Waals surface area contributed by atoms with Crippen molar-refractivity contribution in [3.63, 3.8) is 0 Å². The highest BCUT2D eigenvalue weighted by Crippen LogP contribution is 2.33. The van der Waals surface area contributed by atoms with Crippen molar-refractivity contribution < 1.29 is 17.9 Å². The first-order valence-corrected chi connectivity index (χ1v) is 8.32. The number of aryl methyl sites for hydroxylation is 1. The molecule has 2 aromatic heterocycles. The van der Waals surface area contributed by atoms with Crippen molar-refractivity contribution in [2.45, 2.75) is 32.7 Å². The van der Waals surface area contributed by atoms with Crippen LogP contribution in [0.2, 0.25) is 0 Å². The van der Waals surface area contributed by atoms with Crippen molar-refractivity contribution in [1.29, 1.82) is 0 Å². The first kappa shape index (κ1) is 18.9. The number of pyridine rings is 1. The van der Waals surface area contributed by atoms with Crippen molar-refractivity contribution in [1.82, 2.24) is 15.0 Å². The molecular formula is C19H19F3N4O. The number of fused-ring (bicyclic) bond motifs is 1. The Labute approximate surface area is 154 Å². The predicted octanol–water partition coefficient (Wildman–Crippen LogP) is 4.77. The molecule has 1 N–H and O–H groups in total. The summed E-state index contributed by atoms with van der Waals surface area (Å²) in [4.78, 5) is 12.8. The molecule has 27 heavy (non-hydrogen) atoms. The van der Waals surface area contributed by atoms with Crippen LogP contribution in [0, 0.1) is 12.7 Å². The van der Waals surface area contributed by atoms with E-state index in [4.69, 9.17) is 4.74 Å². The molecule has 0 saturated carbocycles. The second-order valence-corrected chi connectivity index (χ2v) is 6.33. The number of halogens is 3. The van der Waals surface area contributed by atoms with Crippen LogP contribution in [0.4, 0.5) is 19.0 Å². The van der Waals surface area contributed by atoms with Gasteiger partial charge in [-0.25, -0.2) is 28.1 Å². The maximum atomic E-state index is 14.7. The van der Waals surface area contributed by atoms with Gasteiger partial charge in [0.2, 0.25) is 5.88 Å². The van der Waals surface area contributed by atoms with Gasteiger partial charge in [-0.1, -0.05) is 18.2 Å². The summed E-state index contributed by atoms with van der Waals surface area (Å²) in [5.74, 6) is -2.88. The fourth-order valence-electron chi connectivity index (χ4n) is 2.86. The largest absolute Gasteiger partial charge is 0.481 e. The molecule has 0 fully saturated rings. The lowest BCUT2D eigenvalue weighted by Gasteiger charge is -2.20. The van der Waals surface area contributed by atoms with E-state index in [1.54, 1.807) is 26.1 Å². The summed E-state index contributed by atoms with van der Waals surface area (Å²) in [5, 5.41) is 3.73. The number of nitrogens with one attached hydrogen (secondary N) is 1. The highest BCUT2D eigenvalue weighted by Gasteiger charge is 2.30. The number of alkyl halides is 2. The van der Waals surface area contributed by atoms with Crippen molar-refractivity contribution in [2.24, 2.45) is 0 Å². The van der Waals surface area contributed by atoms with E-state index in [9.17, 15) is 13.2 Å². The Morgan fingerprint density at radius 1 is 1.22 bits per heavy atom. The third kappa shape index (κ3) is 3.79. The zero-order chi connectivity index (χ0) is 19.8. The number of benzene rings is 1. The molecule has 2 heterocycles.